The van der Waals surface area contributed by atoms with Crippen LogP contribution in [-0.2, 0) is 13.1 Å². The number of benzene rings is 1. The van der Waals surface area contributed by atoms with Gasteiger partial charge in [0.25, 0.3) is 11.8 Å². The van der Waals surface area contributed by atoms with E-state index in [0.717, 1.165) is 30.8 Å². The number of imide groups is 1. The van der Waals surface area contributed by atoms with Gasteiger partial charge in [-0.05, 0) is 38.1 Å². The lowest BCUT2D eigenvalue weighted by Crippen LogP contribution is -2.29. The number of rotatable bonds is 8. The summed E-state index contributed by atoms with van der Waals surface area (Å²) in [4.78, 5) is 32.5. The van der Waals surface area contributed by atoms with Crippen molar-refractivity contribution >= 4 is 11.8 Å². The monoisotopic (exact) mass is 342 g/mol. The molecule has 0 N–H and O–H groups in total. The van der Waals surface area contributed by atoms with Crippen molar-refractivity contribution < 1.29 is 14.1 Å². The lowest BCUT2D eigenvalue weighted by molar-refractivity contribution is 0.0637. The van der Waals surface area contributed by atoms with Gasteiger partial charge in [-0.25, -0.2) is 0 Å². The Morgan fingerprint density at radius 2 is 1.64 bits per heavy atom. The number of hydrogen-bond acceptors (Lipinski definition) is 6. The molecule has 0 radical (unpaired) electrons. The predicted molar refractivity (Wildman–Crippen MR) is 90.8 cm³/mol. The van der Waals surface area contributed by atoms with Gasteiger partial charge in [0.15, 0.2) is 5.82 Å². The van der Waals surface area contributed by atoms with Crippen LogP contribution in [0.25, 0.3) is 0 Å². The Labute approximate surface area is 146 Å². The van der Waals surface area contributed by atoms with E-state index >= 15 is 0 Å². The SMILES string of the molecule is CCCN(CCC)Cc1nc(CN2C(=O)c3ccccc3C2=O)no1. The van der Waals surface area contributed by atoms with Crippen molar-refractivity contribution in [1.29, 1.82) is 0 Å². The van der Waals surface area contributed by atoms with Crippen LogP contribution < -0.4 is 0 Å². The van der Waals surface area contributed by atoms with Gasteiger partial charge in [0.1, 0.15) is 0 Å². The van der Waals surface area contributed by atoms with E-state index in [1.165, 1.54) is 0 Å². The average molecular weight is 342 g/mol. The van der Waals surface area contributed by atoms with Gasteiger partial charge in [-0.3, -0.25) is 19.4 Å². The fourth-order valence-electron chi connectivity index (χ4n) is 3.04. The molecule has 0 aliphatic carbocycles. The highest BCUT2D eigenvalue weighted by molar-refractivity contribution is 6.21. The molecule has 2 aromatic rings. The zero-order chi connectivity index (χ0) is 17.8. The molecule has 7 nitrogen and oxygen atoms in total. The lowest BCUT2D eigenvalue weighted by Gasteiger charge is -2.18. The summed E-state index contributed by atoms with van der Waals surface area (Å²) in [6.07, 6.45) is 2.10. The van der Waals surface area contributed by atoms with Crippen LogP contribution in [0.1, 0.15) is 59.1 Å². The highest BCUT2D eigenvalue weighted by atomic mass is 16.5. The maximum Gasteiger partial charge on any atom is 0.261 e. The number of amides is 2. The molecule has 2 heterocycles. The Kier molecular flexibility index (Phi) is 5.23. The molecule has 2 amide bonds. The fourth-order valence-corrected chi connectivity index (χ4v) is 3.04. The summed E-state index contributed by atoms with van der Waals surface area (Å²) in [7, 11) is 0. The molecule has 0 fully saturated rings. The van der Waals surface area contributed by atoms with E-state index < -0.39 is 0 Å². The summed E-state index contributed by atoms with van der Waals surface area (Å²) < 4.78 is 5.29. The number of hydrogen-bond donors (Lipinski definition) is 0. The third-order valence-electron chi connectivity index (χ3n) is 4.13. The van der Waals surface area contributed by atoms with Crippen molar-refractivity contribution in [1.82, 2.24) is 19.9 Å². The van der Waals surface area contributed by atoms with E-state index in [0.29, 0.717) is 29.4 Å². The molecular formula is C18H22N4O3. The van der Waals surface area contributed by atoms with E-state index in [9.17, 15) is 9.59 Å². The maximum absolute atomic E-state index is 12.4. The Hall–Kier alpha value is -2.54. The van der Waals surface area contributed by atoms with Crippen molar-refractivity contribution in [2.24, 2.45) is 0 Å². The number of nitrogens with zero attached hydrogens (tertiary/aromatic N) is 4. The molecule has 1 aromatic heterocycles. The van der Waals surface area contributed by atoms with Crippen molar-refractivity contribution in [2.75, 3.05) is 13.1 Å². The Balaban J connectivity index is 1.68. The Morgan fingerprint density at radius 3 is 2.20 bits per heavy atom. The molecular weight excluding hydrogens is 320 g/mol. The normalized spacial score (nSPS) is 13.8. The second-order valence-corrected chi connectivity index (χ2v) is 6.12. The van der Waals surface area contributed by atoms with Crippen LogP contribution in [-0.4, -0.2) is 44.8 Å². The van der Waals surface area contributed by atoms with E-state index in [2.05, 4.69) is 28.9 Å². The summed E-state index contributed by atoms with van der Waals surface area (Å²) >= 11 is 0. The molecule has 3 rings (SSSR count). The zero-order valence-corrected chi connectivity index (χ0v) is 14.6. The molecule has 132 valence electrons. The number of fused-ring (bicyclic) bond motifs is 1. The summed E-state index contributed by atoms with van der Waals surface area (Å²) in [5.74, 6) is 0.224. The molecule has 0 spiro atoms. The first-order valence-electron chi connectivity index (χ1n) is 8.63. The first-order valence-corrected chi connectivity index (χ1v) is 8.63. The van der Waals surface area contributed by atoms with Gasteiger partial charge in [-0.2, -0.15) is 4.98 Å². The minimum Gasteiger partial charge on any atom is -0.338 e. The summed E-state index contributed by atoms with van der Waals surface area (Å²) in [5, 5.41) is 3.93. The number of carbonyl (C=O) groups excluding carboxylic acids is 2. The molecule has 25 heavy (non-hydrogen) atoms. The molecule has 0 saturated heterocycles. The minimum atomic E-state index is -0.314. The second-order valence-electron chi connectivity index (χ2n) is 6.12. The van der Waals surface area contributed by atoms with Gasteiger partial charge in [-0.15, -0.1) is 0 Å². The van der Waals surface area contributed by atoms with Crippen LogP contribution in [0.3, 0.4) is 0 Å². The molecule has 1 aliphatic heterocycles. The first-order chi connectivity index (χ1) is 12.1. The summed E-state index contributed by atoms with van der Waals surface area (Å²) in [5.41, 5.74) is 0.849. The van der Waals surface area contributed by atoms with Crippen molar-refractivity contribution in [3.05, 3.63) is 47.1 Å². The Bertz CT molecular complexity index is 730. The van der Waals surface area contributed by atoms with Crippen LogP contribution in [0, 0.1) is 0 Å². The van der Waals surface area contributed by atoms with Crippen LogP contribution in [0.4, 0.5) is 0 Å². The molecule has 0 unspecified atom stereocenters. The van der Waals surface area contributed by atoms with Crippen molar-refractivity contribution in [2.45, 2.75) is 39.8 Å². The van der Waals surface area contributed by atoms with Crippen LogP contribution >= 0.6 is 0 Å². The van der Waals surface area contributed by atoms with Gasteiger partial charge in [0.2, 0.25) is 5.89 Å². The van der Waals surface area contributed by atoms with Crippen molar-refractivity contribution in [3.63, 3.8) is 0 Å². The third-order valence-corrected chi connectivity index (χ3v) is 4.13. The average Bonchev–Trinajstić information content (AvgIpc) is 3.14. The zero-order valence-electron chi connectivity index (χ0n) is 14.6. The molecule has 1 aromatic carbocycles. The largest absolute Gasteiger partial charge is 0.338 e. The van der Waals surface area contributed by atoms with E-state index in [1.54, 1.807) is 24.3 Å². The molecule has 0 atom stereocenters. The van der Waals surface area contributed by atoms with E-state index in [4.69, 9.17) is 4.52 Å². The van der Waals surface area contributed by atoms with Gasteiger partial charge in [-0.1, -0.05) is 31.1 Å². The standard InChI is InChI=1S/C18H22N4O3/c1-3-9-21(10-4-2)12-16-19-15(20-25-16)11-22-17(23)13-7-5-6-8-14(13)18(22)24/h5-8H,3-4,9-12H2,1-2H3. The molecule has 0 saturated carbocycles. The van der Waals surface area contributed by atoms with Gasteiger partial charge in [0.05, 0.1) is 24.2 Å². The quantitative estimate of drug-likeness (QED) is 0.686. The Morgan fingerprint density at radius 1 is 1.04 bits per heavy atom. The molecule has 1 aliphatic rings. The predicted octanol–water partition coefficient (Wildman–Crippen LogP) is 2.49. The van der Waals surface area contributed by atoms with Crippen LogP contribution in [0.5, 0.6) is 0 Å². The molecule has 7 heteroatoms. The van der Waals surface area contributed by atoms with Gasteiger partial charge >= 0.3 is 0 Å². The third kappa shape index (κ3) is 3.61. The fraction of sp³-hybridized carbons (Fsp3) is 0.444. The van der Waals surface area contributed by atoms with Gasteiger partial charge < -0.3 is 4.52 Å². The topological polar surface area (TPSA) is 79.5 Å². The minimum absolute atomic E-state index is 0.0252. The van der Waals surface area contributed by atoms with E-state index in [1.807, 2.05) is 0 Å². The molecule has 0 bridgehead atoms. The first kappa shape index (κ1) is 17.3. The van der Waals surface area contributed by atoms with Crippen molar-refractivity contribution in [3.8, 4) is 0 Å². The van der Waals surface area contributed by atoms with Crippen LogP contribution in [0.2, 0.25) is 0 Å². The smallest absolute Gasteiger partial charge is 0.261 e. The summed E-state index contributed by atoms with van der Waals surface area (Å²) in [6.45, 7) is 6.79. The van der Waals surface area contributed by atoms with E-state index in [-0.39, 0.29) is 18.4 Å². The second kappa shape index (κ2) is 7.57. The highest BCUT2D eigenvalue weighted by Crippen LogP contribution is 2.23. The number of aromatic nitrogens is 2. The van der Waals surface area contributed by atoms with Gasteiger partial charge in [0, 0.05) is 0 Å². The number of carbonyl (C=O) groups is 2. The highest BCUT2D eigenvalue weighted by Gasteiger charge is 2.35. The summed E-state index contributed by atoms with van der Waals surface area (Å²) in [6, 6.07) is 6.81. The lowest BCUT2D eigenvalue weighted by atomic mass is 10.1. The maximum atomic E-state index is 12.4. The van der Waals surface area contributed by atoms with Crippen LogP contribution in [0.15, 0.2) is 28.8 Å².